The summed E-state index contributed by atoms with van der Waals surface area (Å²) in [6.45, 7) is 7.58. The number of rotatable bonds is 9. The number of carbonyl (C=O) groups is 1. The van der Waals surface area contributed by atoms with Crippen molar-refractivity contribution in [2.24, 2.45) is 5.92 Å². The number of anilines is 1. The summed E-state index contributed by atoms with van der Waals surface area (Å²) in [7, 11) is -3.66. The van der Waals surface area contributed by atoms with Crippen molar-refractivity contribution in [2.45, 2.75) is 17.2 Å². The zero-order chi connectivity index (χ0) is 21.0. The first-order chi connectivity index (χ1) is 13.9. The summed E-state index contributed by atoms with van der Waals surface area (Å²) in [6.07, 6.45) is 3.85. The van der Waals surface area contributed by atoms with E-state index in [2.05, 4.69) is 18.5 Å². The Morgan fingerprint density at radius 3 is 2.21 bits per heavy atom. The molecule has 0 saturated heterocycles. The van der Waals surface area contributed by atoms with Crippen LogP contribution in [0.4, 0.5) is 5.69 Å². The maximum absolute atomic E-state index is 12.7. The minimum Gasteiger partial charge on any atom is -0.326 e. The minimum atomic E-state index is -3.66. The van der Waals surface area contributed by atoms with Gasteiger partial charge in [0, 0.05) is 29.7 Å². The summed E-state index contributed by atoms with van der Waals surface area (Å²) < 4.78 is 26.7. The average Bonchev–Trinajstić information content (AvgIpc) is 3.50. The van der Waals surface area contributed by atoms with Crippen molar-refractivity contribution < 1.29 is 13.2 Å². The Labute approximate surface area is 176 Å². The molecule has 0 bridgehead atoms. The van der Waals surface area contributed by atoms with Gasteiger partial charge in [-0.25, -0.2) is 8.42 Å². The molecule has 1 N–H and O–H groups in total. The lowest BCUT2D eigenvalue weighted by atomic mass is 10.1. The Kier molecular flexibility index (Phi) is 6.57. The van der Waals surface area contributed by atoms with Crippen LogP contribution in [-0.2, 0) is 14.8 Å². The Hall–Kier alpha value is -2.41. The highest BCUT2D eigenvalue weighted by atomic mass is 35.5. The van der Waals surface area contributed by atoms with Crippen molar-refractivity contribution in [3.63, 3.8) is 0 Å². The lowest BCUT2D eigenvalue weighted by molar-refractivity contribution is -0.117. The molecular weight excluding hydrogens is 408 g/mol. The van der Waals surface area contributed by atoms with Gasteiger partial charge in [-0.3, -0.25) is 4.79 Å². The first-order valence-electron chi connectivity index (χ1n) is 9.25. The number of benzene rings is 2. The number of hydrogen-bond acceptors (Lipinski definition) is 3. The smallest absolute Gasteiger partial charge is 0.243 e. The molecule has 3 rings (SSSR count). The van der Waals surface area contributed by atoms with Crippen molar-refractivity contribution in [2.75, 3.05) is 18.4 Å². The Morgan fingerprint density at radius 2 is 1.66 bits per heavy atom. The molecule has 152 valence electrons. The van der Waals surface area contributed by atoms with Gasteiger partial charge in [0.15, 0.2) is 0 Å². The van der Waals surface area contributed by atoms with Crippen LogP contribution in [0.1, 0.15) is 17.9 Å². The lowest BCUT2D eigenvalue weighted by Crippen LogP contribution is -2.31. The fraction of sp³-hybridized carbons (Fsp3) is 0.227. The Balaban J connectivity index is 1.65. The Morgan fingerprint density at radius 1 is 1.07 bits per heavy atom. The molecule has 2 aromatic rings. The molecule has 0 aliphatic heterocycles. The summed E-state index contributed by atoms with van der Waals surface area (Å²) in [6, 6.07) is 13.7. The van der Waals surface area contributed by atoms with Crippen LogP contribution in [0.15, 0.2) is 78.7 Å². The van der Waals surface area contributed by atoms with E-state index in [9.17, 15) is 13.2 Å². The van der Waals surface area contributed by atoms with Gasteiger partial charge in [-0.2, -0.15) is 4.31 Å². The molecule has 2 atom stereocenters. The van der Waals surface area contributed by atoms with Crippen molar-refractivity contribution in [3.8, 4) is 0 Å². The monoisotopic (exact) mass is 430 g/mol. The third-order valence-electron chi connectivity index (χ3n) is 4.85. The second kappa shape index (κ2) is 8.95. The highest BCUT2D eigenvalue weighted by Crippen LogP contribution is 2.48. The lowest BCUT2D eigenvalue weighted by Gasteiger charge is -2.19. The predicted molar refractivity (Wildman–Crippen MR) is 117 cm³/mol. The van der Waals surface area contributed by atoms with Crippen LogP contribution in [-0.4, -0.2) is 31.7 Å². The predicted octanol–water partition coefficient (Wildman–Crippen LogP) is 4.44. The van der Waals surface area contributed by atoms with Gasteiger partial charge in [0.25, 0.3) is 0 Å². The van der Waals surface area contributed by atoms with Crippen LogP contribution < -0.4 is 5.32 Å². The maximum Gasteiger partial charge on any atom is 0.243 e. The molecule has 0 aromatic heterocycles. The van der Waals surface area contributed by atoms with Gasteiger partial charge in [-0.1, -0.05) is 35.9 Å². The summed E-state index contributed by atoms with van der Waals surface area (Å²) in [4.78, 5) is 12.7. The van der Waals surface area contributed by atoms with Gasteiger partial charge in [-0.05, 0) is 54.3 Å². The van der Waals surface area contributed by atoms with Gasteiger partial charge in [0.2, 0.25) is 15.9 Å². The van der Waals surface area contributed by atoms with Gasteiger partial charge >= 0.3 is 0 Å². The van der Waals surface area contributed by atoms with E-state index in [0.29, 0.717) is 10.7 Å². The maximum atomic E-state index is 12.7. The van der Waals surface area contributed by atoms with Gasteiger partial charge in [-0.15, -0.1) is 13.2 Å². The van der Waals surface area contributed by atoms with E-state index in [1.54, 1.807) is 12.1 Å². The molecule has 0 heterocycles. The average molecular weight is 431 g/mol. The molecule has 2 aromatic carbocycles. The summed E-state index contributed by atoms with van der Waals surface area (Å²) in [5.41, 5.74) is 1.66. The first kappa shape index (κ1) is 21.3. The van der Waals surface area contributed by atoms with E-state index in [0.717, 1.165) is 12.0 Å². The molecule has 1 saturated carbocycles. The highest BCUT2D eigenvalue weighted by molar-refractivity contribution is 7.89. The summed E-state index contributed by atoms with van der Waals surface area (Å²) in [5, 5.41) is 3.54. The van der Waals surface area contributed by atoms with E-state index in [4.69, 9.17) is 11.6 Å². The molecular formula is C22H23ClN2O3S. The number of sulfonamides is 1. The van der Waals surface area contributed by atoms with Gasteiger partial charge in [0.05, 0.1) is 4.90 Å². The van der Waals surface area contributed by atoms with Crippen LogP contribution in [0.2, 0.25) is 5.02 Å². The standard InChI is InChI=1S/C22H23ClN2O3S/c1-3-13-25(14-4-2)29(27,28)19-11-9-18(10-12-19)24-22(26)21-15-20(21)16-5-7-17(23)8-6-16/h3-12,20-21H,1-2,13-15H2,(H,24,26). The fourth-order valence-electron chi connectivity index (χ4n) is 3.22. The molecule has 0 radical (unpaired) electrons. The topological polar surface area (TPSA) is 66.5 Å². The Bertz CT molecular complexity index is 991. The molecule has 1 amide bonds. The number of halogens is 1. The third-order valence-corrected chi connectivity index (χ3v) is 6.95. The van der Waals surface area contributed by atoms with E-state index >= 15 is 0 Å². The molecule has 1 aliphatic carbocycles. The highest BCUT2D eigenvalue weighted by Gasteiger charge is 2.43. The minimum absolute atomic E-state index is 0.0690. The largest absolute Gasteiger partial charge is 0.326 e. The number of nitrogens with zero attached hydrogens (tertiary/aromatic N) is 1. The zero-order valence-corrected chi connectivity index (χ0v) is 17.5. The van der Waals surface area contributed by atoms with Crippen LogP contribution >= 0.6 is 11.6 Å². The molecule has 2 unspecified atom stereocenters. The first-order valence-corrected chi connectivity index (χ1v) is 11.1. The normalized spacial score (nSPS) is 18.3. The van der Waals surface area contributed by atoms with Crippen LogP contribution in [0.25, 0.3) is 0 Å². The van der Waals surface area contributed by atoms with E-state index in [1.165, 1.54) is 28.6 Å². The summed E-state index contributed by atoms with van der Waals surface area (Å²) in [5.74, 6) is 0.0361. The van der Waals surface area contributed by atoms with Crippen molar-refractivity contribution >= 4 is 33.2 Å². The molecule has 0 spiro atoms. The molecule has 29 heavy (non-hydrogen) atoms. The molecule has 1 aliphatic rings. The van der Waals surface area contributed by atoms with Crippen LogP contribution in [0.3, 0.4) is 0 Å². The van der Waals surface area contributed by atoms with Crippen LogP contribution in [0.5, 0.6) is 0 Å². The zero-order valence-electron chi connectivity index (χ0n) is 15.9. The van der Waals surface area contributed by atoms with Gasteiger partial charge < -0.3 is 5.32 Å². The SMILES string of the molecule is C=CCN(CC=C)S(=O)(=O)c1ccc(NC(=O)C2CC2c2ccc(Cl)cc2)cc1. The molecule has 1 fully saturated rings. The molecule has 7 heteroatoms. The number of hydrogen-bond donors (Lipinski definition) is 1. The van der Waals surface area contributed by atoms with Crippen molar-refractivity contribution in [1.29, 1.82) is 0 Å². The number of nitrogens with one attached hydrogen (secondary N) is 1. The third kappa shape index (κ3) is 4.96. The quantitative estimate of drug-likeness (QED) is 0.598. The molecule has 5 nitrogen and oxygen atoms in total. The van der Waals surface area contributed by atoms with E-state index in [-0.39, 0.29) is 35.7 Å². The second-order valence-corrected chi connectivity index (χ2v) is 9.29. The number of amides is 1. The van der Waals surface area contributed by atoms with Gasteiger partial charge in [0.1, 0.15) is 0 Å². The van der Waals surface area contributed by atoms with Crippen molar-refractivity contribution in [3.05, 3.63) is 84.4 Å². The van der Waals surface area contributed by atoms with E-state index < -0.39 is 10.0 Å². The fourth-order valence-corrected chi connectivity index (χ4v) is 4.72. The number of carbonyl (C=O) groups excluding carboxylic acids is 1. The van der Waals surface area contributed by atoms with Crippen LogP contribution in [0, 0.1) is 5.92 Å². The summed E-state index contributed by atoms with van der Waals surface area (Å²) >= 11 is 5.91. The van der Waals surface area contributed by atoms with Crippen molar-refractivity contribution in [1.82, 2.24) is 4.31 Å². The second-order valence-electron chi connectivity index (χ2n) is 6.91. The van der Waals surface area contributed by atoms with E-state index in [1.807, 2.05) is 24.3 Å².